The molecule has 1 aromatic heterocycles. The van der Waals surface area contributed by atoms with Crippen LogP contribution in [0, 0.1) is 0 Å². The predicted molar refractivity (Wildman–Crippen MR) is 111 cm³/mol. The van der Waals surface area contributed by atoms with Crippen LogP contribution in [-0.2, 0) is 4.79 Å². The molecule has 5 nitrogen and oxygen atoms in total. The zero-order valence-corrected chi connectivity index (χ0v) is 16.6. The number of rotatable bonds is 6. The van der Waals surface area contributed by atoms with Crippen molar-refractivity contribution in [2.24, 2.45) is 0 Å². The second-order valence-corrected chi connectivity index (χ2v) is 7.12. The molecule has 7 heteroatoms. The van der Waals surface area contributed by atoms with Gasteiger partial charge in [0.1, 0.15) is 10.8 Å². The zero-order chi connectivity index (χ0) is 19.9. The van der Waals surface area contributed by atoms with Crippen LogP contribution >= 0.6 is 23.4 Å². The number of para-hydroxylation sites is 2. The fourth-order valence-electron chi connectivity index (χ4n) is 2.37. The van der Waals surface area contributed by atoms with Gasteiger partial charge < -0.3 is 9.64 Å². The van der Waals surface area contributed by atoms with Crippen molar-refractivity contribution in [1.29, 1.82) is 0 Å². The number of benzene rings is 2. The van der Waals surface area contributed by atoms with Gasteiger partial charge in [-0.05, 0) is 36.4 Å². The summed E-state index contributed by atoms with van der Waals surface area (Å²) in [6.45, 7) is 0. The van der Waals surface area contributed by atoms with E-state index < -0.39 is 5.97 Å². The molecule has 0 radical (unpaired) electrons. The van der Waals surface area contributed by atoms with E-state index in [1.54, 1.807) is 54.5 Å². The van der Waals surface area contributed by atoms with Crippen molar-refractivity contribution >= 4 is 40.9 Å². The summed E-state index contributed by atoms with van der Waals surface area (Å²) in [5.74, 6) is -0.275. The van der Waals surface area contributed by atoms with Gasteiger partial charge in [-0.15, -0.1) is 0 Å². The number of carbonyl (C=O) groups is 2. The summed E-state index contributed by atoms with van der Waals surface area (Å²) >= 11 is 7.23. The lowest BCUT2D eigenvalue weighted by molar-refractivity contribution is -0.115. The summed E-state index contributed by atoms with van der Waals surface area (Å²) in [5.41, 5.74) is 1.08. The number of ether oxygens (including phenoxy) is 1. The second kappa shape index (κ2) is 9.39. The van der Waals surface area contributed by atoms with Crippen LogP contribution in [0.5, 0.6) is 5.75 Å². The normalized spacial score (nSPS) is 10.4. The molecule has 1 heterocycles. The minimum Gasteiger partial charge on any atom is -0.421 e. The van der Waals surface area contributed by atoms with Gasteiger partial charge in [0.2, 0.25) is 5.91 Å². The van der Waals surface area contributed by atoms with Crippen molar-refractivity contribution in [1.82, 2.24) is 4.98 Å². The number of aromatic nitrogens is 1. The van der Waals surface area contributed by atoms with E-state index in [2.05, 4.69) is 4.98 Å². The second-order valence-electron chi connectivity index (χ2n) is 5.75. The molecule has 0 saturated heterocycles. The molecule has 0 N–H and O–H groups in total. The van der Waals surface area contributed by atoms with Crippen LogP contribution in [-0.4, -0.2) is 29.7 Å². The minimum absolute atomic E-state index is 0.104. The Kier molecular flexibility index (Phi) is 6.68. The molecule has 1 amide bonds. The van der Waals surface area contributed by atoms with E-state index in [0.29, 0.717) is 10.0 Å². The van der Waals surface area contributed by atoms with E-state index in [0.717, 1.165) is 5.69 Å². The van der Waals surface area contributed by atoms with E-state index in [4.69, 9.17) is 16.3 Å². The Bertz CT molecular complexity index is 982. The third-order valence-electron chi connectivity index (χ3n) is 3.88. The molecule has 0 bridgehead atoms. The number of hydrogen-bond acceptors (Lipinski definition) is 5. The number of anilines is 1. The fourth-order valence-corrected chi connectivity index (χ4v) is 3.44. The van der Waals surface area contributed by atoms with Gasteiger partial charge in [0.15, 0.2) is 0 Å². The standard InChI is InChI=1S/C21H17ClN2O3S/c1-24(15-8-3-2-4-9-15)19(25)14-28-20-16(10-7-13-23-20)21(26)27-18-12-6-5-11-17(18)22/h2-13H,14H2,1H3. The smallest absolute Gasteiger partial charge is 0.346 e. The van der Waals surface area contributed by atoms with Crippen LogP contribution in [0.1, 0.15) is 10.4 Å². The lowest BCUT2D eigenvalue weighted by Gasteiger charge is -2.17. The van der Waals surface area contributed by atoms with Crippen molar-refractivity contribution in [3.63, 3.8) is 0 Å². The van der Waals surface area contributed by atoms with Crippen LogP contribution in [0.2, 0.25) is 5.02 Å². The van der Waals surface area contributed by atoms with Crippen LogP contribution in [0.3, 0.4) is 0 Å². The molecule has 0 aliphatic rings. The largest absolute Gasteiger partial charge is 0.421 e. The average molecular weight is 413 g/mol. The summed E-state index contributed by atoms with van der Waals surface area (Å²) in [6.07, 6.45) is 1.57. The number of pyridine rings is 1. The van der Waals surface area contributed by atoms with Gasteiger partial charge >= 0.3 is 5.97 Å². The first-order valence-corrected chi connectivity index (χ1v) is 9.79. The maximum atomic E-state index is 12.6. The lowest BCUT2D eigenvalue weighted by atomic mass is 10.3. The molecule has 0 aliphatic carbocycles. The number of thioether (sulfide) groups is 1. The highest BCUT2D eigenvalue weighted by molar-refractivity contribution is 8.00. The molecule has 0 unspecified atom stereocenters. The van der Waals surface area contributed by atoms with E-state index >= 15 is 0 Å². The summed E-state index contributed by atoms with van der Waals surface area (Å²) in [6, 6.07) is 19.3. The summed E-state index contributed by atoms with van der Waals surface area (Å²) in [5, 5.41) is 0.767. The first-order valence-electron chi connectivity index (χ1n) is 8.42. The van der Waals surface area contributed by atoms with Gasteiger partial charge in [-0.2, -0.15) is 0 Å². The molecule has 0 atom stereocenters. The molecule has 2 aromatic carbocycles. The van der Waals surface area contributed by atoms with Gasteiger partial charge in [-0.25, -0.2) is 9.78 Å². The number of amides is 1. The third kappa shape index (κ3) is 4.91. The first kappa shape index (κ1) is 19.9. The molecule has 3 rings (SSSR count). The van der Waals surface area contributed by atoms with E-state index in [1.807, 2.05) is 30.3 Å². The van der Waals surface area contributed by atoms with Gasteiger partial charge in [0.25, 0.3) is 0 Å². The Balaban J connectivity index is 1.69. The van der Waals surface area contributed by atoms with Crippen molar-refractivity contribution in [2.45, 2.75) is 5.03 Å². The van der Waals surface area contributed by atoms with Gasteiger partial charge in [0.05, 0.1) is 16.3 Å². The molecule has 3 aromatic rings. The van der Waals surface area contributed by atoms with Crippen LogP contribution in [0.4, 0.5) is 5.69 Å². The summed E-state index contributed by atoms with van der Waals surface area (Å²) in [7, 11) is 1.71. The maximum Gasteiger partial charge on any atom is 0.346 e. The molecule has 0 spiro atoms. The van der Waals surface area contributed by atoms with Crippen molar-refractivity contribution in [3.05, 3.63) is 83.5 Å². The maximum absolute atomic E-state index is 12.6. The quantitative estimate of drug-likeness (QED) is 0.333. The monoisotopic (exact) mass is 412 g/mol. The number of nitrogens with zero attached hydrogens (tertiary/aromatic N) is 2. The number of halogens is 1. The van der Waals surface area contributed by atoms with Gasteiger partial charge in [-0.1, -0.05) is 53.7 Å². The highest BCUT2D eigenvalue weighted by Gasteiger charge is 2.18. The molecular formula is C21H17ClN2O3S. The number of carbonyl (C=O) groups excluding carboxylic acids is 2. The lowest BCUT2D eigenvalue weighted by Crippen LogP contribution is -2.28. The van der Waals surface area contributed by atoms with Crippen molar-refractivity contribution in [3.8, 4) is 5.75 Å². The molecule has 142 valence electrons. The fraction of sp³-hybridized carbons (Fsp3) is 0.0952. The van der Waals surface area contributed by atoms with E-state index in [-0.39, 0.29) is 23.0 Å². The van der Waals surface area contributed by atoms with Gasteiger partial charge in [0, 0.05) is 18.9 Å². The van der Waals surface area contributed by atoms with Crippen LogP contribution in [0.25, 0.3) is 0 Å². The first-order chi connectivity index (χ1) is 13.6. The molecule has 0 aliphatic heterocycles. The number of hydrogen-bond donors (Lipinski definition) is 0. The van der Waals surface area contributed by atoms with E-state index in [9.17, 15) is 9.59 Å². The Morgan fingerprint density at radius 1 is 1.04 bits per heavy atom. The van der Waals surface area contributed by atoms with E-state index in [1.165, 1.54) is 11.8 Å². The predicted octanol–water partition coefficient (Wildman–Crippen LogP) is 4.71. The molecular weight excluding hydrogens is 396 g/mol. The average Bonchev–Trinajstić information content (AvgIpc) is 2.74. The molecule has 0 saturated carbocycles. The Morgan fingerprint density at radius 3 is 2.50 bits per heavy atom. The zero-order valence-electron chi connectivity index (χ0n) is 15.0. The van der Waals surface area contributed by atoms with Crippen molar-refractivity contribution in [2.75, 3.05) is 17.7 Å². The number of esters is 1. The Morgan fingerprint density at radius 2 is 1.75 bits per heavy atom. The third-order valence-corrected chi connectivity index (χ3v) is 5.18. The minimum atomic E-state index is -0.576. The van der Waals surface area contributed by atoms with Gasteiger partial charge in [-0.3, -0.25) is 4.79 Å². The highest BCUT2D eigenvalue weighted by atomic mass is 35.5. The SMILES string of the molecule is CN(C(=O)CSc1ncccc1C(=O)Oc1ccccc1Cl)c1ccccc1. The Hall–Kier alpha value is -2.83. The summed E-state index contributed by atoms with van der Waals surface area (Å²) < 4.78 is 5.38. The molecule has 0 fully saturated rings. The topological polar surface area (TPSA) is 59.5 Å². The molecule has 28 heavy (non-hydrogen) atoms. The van der Waals surface area contributed by atoms with Crippen LogP contribution in [0.15, 0.2) is 78.0 Å². The Labute approximate surface area is 172 Å². The highest BCUT2D eigenvalue weighted by Crippen LogP contribution is 2.26. The summed E-state index contributed by atoms with van der Waals surface area (Å²) in [4.78, 5) is 30.8. The van der Waals surface area contributed by atoms with Crippen LogP contribution < -0.4 is 9.64 Å². The van der Waals surface area contributed by atoms with Crippen molar-refractivity contribution < 1.29 is 14.3 Å².